The molecule has 130 valence electrons. The second kappa shape index (κ2) is 8.25. The number of carbonyl (C=O) groups is 1. The van der Waals surface area contributed by atoms with Gasteiger partial charge < -0.3 is 0 Å². The molecule has 1 aromatic rings. The van der Waals surface area contributed by atoms with Gasteiger partial charge in [-0.3, -0.25) is 14.9 Å². The van der Waals surface area contributed by atoms with Crippen LogP contribution in [0.4, 0.5) is 5.69 Å². The lowest BCUT2D eigenvalue weighted by molar-refractivity contribution is -0.384. The van der Waals surface area contributed by atoms with Crippen LogP contribution in [0.5, 0.6) is 0 Å². The van der Waals surface area contributed by atoms with Gasteiger partial charge in [-0.15, -0.1) is 5.54 Å². The van der Waals surface area contributed by atoms with Crippen LogP contribution in [0.25, 0.3) is 0 Å². The molecule has 0 fully saturated rings. The molecule has 0 aliphatic rings. The van der Waals surface area contributed by atoms with Crippen molar-refractivity contribution in [3.8, 4) is 11.5 Å². The van der Waals surface area contributed by atoms with Gasteiger partial charge in [-0.05, 0) is 28.1 Å². The number of non-ortho nitro benzene ring substituents is 1. The maximum absolute atomic E-state index is 12.3. The van der Waals surface area contributed by atoms with Gasteiger partial charge in [0.05, 0.1) is 4.92 Å². The van der Waals surface area contributed by atoms with Crippen molar-refractivity contribution in [2.75, 3.05) is 0 Å². The van der Waals surface area contributed by atoms with E-state index in [0.717, 1.165) is 5.56 Å². The van der Waals surface area contributed by atoms with E-state index in [9.17, 15) is 14.9 Å². The Balaban J connectivity index is 2.97. The van der Waals surface area contributed by atoms with E-state index in [1.54, 1.807) is 12.1 Å². The van der Waals surface area contributed by atoms with Gasteiger partial charge in [0.2, 0.25) is 5.78 Å². The fourth-order valence-electron chi connectivity index (χ4n) is 3.58. The monoisotopic (exact) mass is 345 g/mol. The molecule has 0 spiro atoms. The SMILES string of the molecule is CC(C)[Si](C#CC(=O)Cc1ccc([N+](=O)[O-])cc1)(C(C)C)C(C)C. The highest BCUT2D eigenvalue weighted by Crippen LogP contribution is 2.40. The molecule has 0 amide bonds. The van der Waals surface area contributed by atoms with Crippen molar-refractivity contribution < 1.29 is 9.72 Å². The third-order valence-corrected chi connectivity index (χ3v) is 11.1. The molecule has 0 saturated carbocycles. The minimum atomic E-state index is -1.90. The Morgan fingerprint density at radius 1 is 1.04 bits per heavy atom. The molecule has 0 unspecified atom stereocenters. The molecule has 24 heavy (non-hydrogen) atoms. The standard InChI is InChI=1S/C19H27NO3Si/c1-14(2)24(15(3)4,16(5)6)12-11-19(21)13-17-7-9-18(10-8-17)20(22)23/h7-10,14-16H,13H2,1-6H3. The predicted molar refractivity (Wildman–Crippen MR) is 101 cm³/mol. The molecule has 0 aliphatic carbocycles. The molecule has 0 aromatic heterocycles. The highest BCUT2D eigenvalue weighted by molar-refractivity contribution is 6.90. The summed E-state index contributed by atoms with van der Waals surface area (Å²) in [6.45, 7) is 13.3. The summed E-state index contributed by atoms with van der Waals surface area (Å²) in [6, 6.07) is 6.09. The van der Waals surface area contributed by atoms with Crippen LogP contribution in [0.3, 0.4) is 0 Å². The van der Waals surface area contributed by atoms with Crippen molar-refractivity contribution in [1.29, 1.82) is 0 Å². The van der Waals surface area contributed by atoms with Gasteiger partial charge in [0, 0.05) is 18.6 Å². The molecule has 0 N–H and O–H groups in total. The number of ketones is 1. The first kappa shape index (κ1) is 20.1. The van der Waals surface area contributed by atoms with Crippen LogP contribution in [0.1, 0.15) is 47.1 Å². The zero-order valence-corrected chi connectivity index (χ0v) is 16.4. The number of hydrogen-bond acceptors (Lipinski definition) is 3. The Morgan fingerprint density at radius 2 is 1.50 bits per heavy atom. The number of nitro groups is 1. The van der Waals surface area contributed by atoms with Crippen LogP contribution < -0.4 is 0 Å². The van der Waals surface area contributed by atoms with Crippen molar-refractivity contribution in [3.05, 3.63) is 39.9 Å². The smallest absolute Gasteiger partial charge is 0.269 e. The summed E-state index contributed by atoms with van der Waals surface area (Å²) in [6.07, 6.45) is 0.198. The van der Waals surface area contributed by atoms with E-state index in [2.05, 4.69) is 53.0 Å². The van der Waals surface area contributed by atoms with Crippen LogP contribution in [-0.2, 0) is 11.2 Å². The van der Waals surface area contributed by atoms with Crippen molar-refractivity contribution in [3.63, 3.8) is 0 Å². The van der Waals surface area contributed by atoms with E-state index in [4.69, 9.17) is 0 Å². The second-order valence-electron chi connectivity index (χ2n) is 7.17. The number of hydrogen-bond donors (Lipinski definition) is 0. The first-order valence-corrected chi connectivity index (χ1v) is 10.6. The minimum absolute atomic E-state index is 0.0307. The zero-order valence-electron chi connectivity index (χ0n) is 15.4. The van der Waals surface area contributed by atoms with Crippen molar-refractivity contribution in [2.45, 2.75) is 64.6 Å². The molecule has 5 heteroatoms. The first-order valence-electron chi connectivity index (χ1n) is 8.40. The van der Waals surface area contributed by atoms with Crippen LogP contribution in [0, 0.1) is 21.6 Å². The number of nitro benzene ring substituents is 1. The number of benzene rings is 1. The minimum Gasteiger partial charge on any atom is -0.285 e. The topological polar surface area (TPSA) is 60.2 Å². The maximum Gasteiger partial charge on any atom is 0.269 e. The van der Waals surface area contributed by atoms with E-state index in [1.807, 2.05) is 0 Å². The van der Waals surface area contributed by atoms with E-state index in [-0.39, 0.29) is 17.9 Å². The third kappa shape index (κ3) is 4.54. The molecule has 1 aromatic carbocycles. The Morgan fingerprint density at radius 3 is 1.88 bits per heavy atom. The number of Topliss-reactive ketones (excluding diaryl/α,β-unsaturated/α-hetero) is 1. The number of carbonyl (C=O) groups excluding carboxylic acids is 1. The van der Waals surface area contributed by atoms with E-state index in [0.29, 0.717) is 16.6 Å². The van der Waals surface area contributed by atoms with Gasteiger partial charge in [0.25, 0.3) is 5.69 Å². The van der Waals surface area contributed by atoms with Crippen LogP contribution in [0.2, 0.25) is 16.6 Å². The van der Waals surface area contributed by atoms with Crippen molar-refractivity contribution >= 4 is 19.5 Å². The van der Waals surface area contributed by atoms with Gasteiger partial charge in [-0.2, -0.15) is 0 Å². The summed E-state index contributed by atoms with van der Waals surface area (Å²) >= 11 is 0. The Labute approximate surface area is 145 Å². The molecule has 0 saturated heterocycles. The maximum atomic E-state index is 12.3. The molecule has 0 heterocycles. The quantitative estimate of drug-likeness (QED) is 0.318. The number of rotatable bonds is 6. The summed E-state index contributed by atoms with van der Waals surface area (Å²) in [5.41, 5.74) is 5.65. The second-order valence-corrected chi connectivity index (χ2v) is 12.8. The van der Waals surface area contributed by atoms with Gasteiger partial charge in [0.1, 0.15) is 8.07 Å². The summed E-state index contributed by atoms with van der Waals surface area (Å²) in [4.78, 5) is 22.5. The zero-order chi connectivity index (χ0) is 18.5. The van der Waals surface area contributed by atoms with Gasteiger partial charge in [0.15, 0.2) is 0 Å². The number of nitrogens with zero attached hydrogens (tertiary/aromatic N) is 1. The average molecular weight is 346 g/mol. The van der Waals surface area contributed by atoms with Gasteiger partial charge in [-0.25, -0.2) is 0 Å². The summed E-state index contributed by atoms with van der Waals surface area (Å²) in [5, 5.41) is 10.7. The molecule has 0 aliphatic heterocycles. The Bertz CT molecular complexity index is 630. The molecule has 1 rings (SSSR count). The molecular weight excluding hydrogens is 318 g/mol. The van der Waals surface area contributed by atoms with E-state index in [1.165, 1.54) is 12.1 Å². The van der Waals surface area contributed by atoms with Crippen LogP contribution in [0.15, 0.2) is 24.3 Å². The Kier molecular flexibility index (Phi) is 6.91. The lowest BCUT2D eigenvalue weighted by atomic mass is 10.1. The van der Waals surface area contributed by atoms with Gasteiger partial charge in [-0.1, -0.05) is 53.7 Å². The first-order chi connectivity index (χ1) is 11.1. The lowest BCUT2D eigenvalue weighted by Gasteiger charge is -2.37. The van der Waals surface area contributed by atoms with E-state index < -0.39 is 13.0 Å². The fraction of sp³-hybridized carbons (Fsp3) is 0.526. The summed E-state index contributed by atoms with van der Waals surface area (Å²) in [5.74, 6) is 2.77. The van der Waals surface area contributed by atoms with Crippen LogP contribution in [-0.4, -0.2) is 18.8 Å². The lowest BCUT2D eigenvalue weighted by Crippen LogP contribution is -2.43. The normalized spacial score (nSPS) is 11.5. The highest BCUT2D eigenvalue weighted by Gasteiger charge is 2.41. The summed E-state index contributed by atoms with van der Waals surface area (Å²) < 4.78 is 0. The summed E-state index contributed by atoms with van der Waals surface area (Å²) in [7, 11) is -1.90. The van der Waals surface area contributed by atoms with Crippen molar-refractivity contribution in [1.82, 2.24) is 0 Å². The largest absolute Gasteiger partial charge is 0.285 e. The van der Waals surface area contributed by atoms with Gasteiger partial charge >= 0.3 is 0 Å². The Hall–Kier alpha value is -1.93. The molecular formula is C19H27NO3Si. The molecule has 4 nitrogen and oxygen atoms in total. The third-order valence-electron chi connectivity index (χ3n) is 4.80. The van der Waals surface area contributed by atoms with Crippen molar-refractivity contribution in [2.24, 2.45) is 0 Å². The van der Waals surface area contributed by atoms with Crippen LogP contribution >= 0.6 is 0 Å². The predicted octanol–water partition coefficient (Wildman–Crippen LogP) is 4.93. The molecule has 0 atom stereocenters. The highest BCUT2D eigenvalue weighted by atomic mass is 28.3. The molecule has 0 bridgehead atoms. The molecule has 0 radical (unpaired) electrons. The van der Waals surface area contributed by atoms with E-state index >= 15 is 0 Å². The average Bonchev–Trinajstić information content (AvgIpc) is 2.47. The fourth-order valence-corrected chi connectivity index (χ4v) is 8.80.